The molecule has 9 nitrogen and oxygen atoms in total. The number of nitrogens with one attached hydrogen (secondary N) is 1. The number of quaternary nitrogens is 1. The van der Waals surface area contributed by atoms with Crippen molar-refractivity contribution in [2.45, 2.75) is 270 Å². The Morgan fingerprint density at radius 1 is 0.531 bits per heavy atom. The molecule has 10 heteroatoms. The van der Waals surface area contributed by atoms with E-state index >= 15 is 0 Å². The molecule has 0 radical (unpaired) electrons. The van der Waals surface area contributed by atoms with Gasteiger partial charge in [-0.1, -0.05) is 219 Å². The molecule has 0 saturated heterocycles. The van der Waals surface area contributed by atoms with E-state index in [-0.39, 0.29) is 31.5 Å². The van der Waals surface area contributed by atoms with Crippen LogP contribution >= 0.6 is 7.82 Å². The van der Waals surface area contributed by atoms with Crippen LogP contribution in [0.3, 0.4) is 0 Å². The lowest BCUT2D eigenvalue weighted by Gasteiger charge is -2.30. The third-order valence-corrected chi connectivity index (χ3v) is 13.1. The molecule has 1 N–H and O–H groups in total. The number of hydrogen-bond acceptors (Lipinski definition) is 7. The van der Waals surface area contributed by atoms with E-state index in [0.717, 1.165) is 83.5 Å². The average Bonchev–Trinajstić information content (AvgIpc) is 3.25. The molecule has 0 aromatic carbocycles. The number of phosphoric ester groups is 1. The zero-order valence-corrected chi connectivity index (χ0v) is 43.9. The fourth-order valence-corrected chi connectivity index (χ4v) is 8.58. The summed E-state index contributed by atoms with van der Waals surface area (Å²) in [4.78, 5) is 39.7. The summed E-state index contributed by atoms with van der Waals surface area (Å²) >= 11 is 0. The van der Waals surface area contributed by atoms with Gasteiger partial charge < -0.3 is 28.5 Å². The van der Waals surface area contributed by atoms with E-state index in [9.17, 15) is 19.0 Å². The van der Waals surface area contributed by atoms with Gasteiger partial charge in [-0.15, -0.1) is 0 Å². The first-order chi connectivity index (χ1) is 30.9. The van der Waals surface area contributed by atoms with E-state index in [1.54, 1.807) is 0 Å². The van der Waals surface area contributed by atoms with Crippen molar-refractivity contribution in [1.82, 2.24) is 5.32 Å². The number of allylic oxidation sites excluding steroid dienone is 3. The quantitative estimate of drug-likeness (QED) is 0.0212. The number of ether oxygens (including phenoxy) is 1. The van der Waals surface area contributed by atoms with Crippen molar-refractivity contribution in [3.8, 4) is 0 Å². The maximum Gasteiger partial charge on any atom is 0.306 e. The summed E-state index contributed by atoms with van der Waals surface area (Å²) < 4.78 is 30.1. The first-order valence-electron chi connectivity index (χ1n) is 27.1. The second-order valence-electron chi connectivity index (χ2n) is 19.7. The summed E-state index contributed by atoms with van der Waals surface area (Å²) in [5.74, 6) is -0.543. The van der Waals surface area contributed by atoms with Crippen LogP contribution in [0.2, 0.25) is 0 Å². The number of phosphoric acid groups is 1. The number of rotatable bonds is 49. The molecule has 1 amide bonds. The summed E-state index contributed by atoms with van der Waals surface area (Å²) in [6.07, 6.45) is 49.9. The van der Waals surface area contributed by atoms with Crippen LogP contribution in [0.25, 0.3) is 0 Å². The molecule has 64 heavy (non-hydrogen) atoms. The molecule has 0 spiro atoms. The van der Waals surface area contributed by atoms with Crippen LogP contribution in [0, 0.1) is 0 Å². The fraction of sp³-hybridized carbons (Fsp3) is 0.889. The molecule has 0 bridgehead atoms. The zero-order valence-electron chi connectivity index (χ0n) is 43.0. The molecule has 0 heterocycles. The predicted molar refractivity (Wildman–Crippen MR) is 270 cm³/mol. The lowest BCUT2D eigenvalue weighted by Crippen LogP contribution is -2.47. The Bertz CT molecular complexity index is 1160. The summed E-state index contributed by atoms with van der Waals surface area (Å²) in [7, 11) is 1.19. The second-order valence-corrected chi connectivity index (χ2v) is 21.1. The highest BCUT2D eigenvalue weighted by atomic mass is 31.2. The lowest BCUT2D eigenvalue weighted by atomic mass is 10.0. The van der Waals surface area contributed by atoms with E-state index in [1.807, 2.05) is 33.3 Å². The Morgan fingerprint density at radius 3 is 1.38 bits per heavy atom. The van der Waals surface area contributed by atoms with Gasteiger partial charge in [-0.05, 0) is 51.0 Å². The van der Waals surface area contributed by atoms with Crippen molar-refractivity contribution in [3.05, 3.63) is 24.3 Å². The minimum absolute atomic E-state index is 0.0209. The van der Waals surface area contributed by atoms with Crippen LogP contribution in [-0.4, -0.2) is 69.4 Å². The fourth-order valence-electron chi connectivity index (χ4n) is 7.86. The molecular formula is C54H105N2O7P. The van der Waals surface area contributed by atoms with E-state index < -0.39 is 20.0 Å². The Labute approximate surface area is 396 Å². The normalized spacial score (nSPS) is 14.0. The van der Waals surface area contributed by atoms with Gasteiger partial charge in [-0.2, -0.15) is 0 Å². The van der Waals surface area contributed by atoms with Crippen LogP contribution in [-0.2, 0) is 27.9 Å². The molecular weight excluding hydrogens is 820 g/mol. The highest BCUT2D eigenvalue weighted by molar-refractivity contribution is 7.45. The average molecular weight is 925 g/mol. The summed E-state index contributed by atoms with van der Waals surface area (Å²) in [5, 5.41) is 3.01. The van der Waals surface area contributed by atoms with Gasteiger partial charge in [0.2, 0.25) is 5.91 Å². The van der Waals surface area contributed by atoms with Crippen molar-refractivity contribution in [2.75, 3.05) is 40.9 Å². The minimum Gasteiger partial charge on any atom is -0.756 e. The van der Waals surface area contributed by atoms with Gasteiger partial charge in [0.1, 0.15) is 19.3 Å². The molecule has 3 atom stereocenters. The van der Waals surface area contributed by atoms with Gasteiger partial charge in [-0.3, -0.25) is 14.2 Å². The van der Waals surface area contributed by atoms with Crippen LogP contribution < -0.4 is 10.2 Å². The summed E-state index contributed by atoms with van der Waals surface area (Å²) in [6.45, 7) is 6.81. The van der Waals surface area contributed by atoms with Gasteiger partial charge in [0.05, 0.1) is 33.8 Å². The Hall–Kier alpha value is -1.51. The van der Waals surface area contributed by atoms with Crippen molar-refractivity contribution >= 4 is 19.7 Å². The summed E-state index contributed by atoms with van der Waals surface area (Å²) in [5.41, 5.74) is 0. The van der Waals surface area contributed by atoms with Gasteiger partial charge in [0, 0.05) is 12.8 Å². The van der Waals surface area contributed by atoms with Crippen molar-refractivity contribution in [2.24, 2.45) is 0 Å². The molecule has 0 fully saturated rings. The molecule has 0 aromatic heterocycles. The monoisotopic (exact) mass is 925 g/mol. The maximum atomic E-state index is 13.4. The number of likely N-dealkylation sites (N-methyl/N-ethyl adjacent to an activating group) is 1. The minimum atomic E-state index is -4.68. The van der Waals surface area contributed by atoms with Crippen LogP contribution in [0.1, 0.15) is 258 Å². The van der Waals surface area contributed by atoms with Crippen LogP contribution in [0.15, 0.2) is 24.3 Å². The topological polar surface area (TPSA) is 114 Å². The van der Waals surface area contributed by atoms with E-state index in [2.05, 4.69) is 38.2 Å². The molecule has 3 unspecified atom stereocenters. The van der Waals surface area contributed by atoms with Crippen molar-refractivity contribution < 1.29 is 37.3 Å². The van der Waals surface area contributed by atoms with Gasteiger partial charge in [0.25, 0.3) is 7.82 Å². The molecule has 378 valence electrons. The third-order valence-electron chi connectivity index (χ3n) is 12.1. The van der Waals surface area contributed by atoms with Gasteiger partial charge >= 0.3 is 5.97 Å². The number of amides is 1. The number of esters is 1. The number of carbonyl (C=O) groups excluding carboxylic acids is 2. The van der Waals surface area contributed by atoms with Gasteiger partial charge in [-0.25, -0.2) is 0 Å². The maximum absolute atomic E-state index is 13.4. The Morgan fingerprint density at radius 2 is 0.922 bits per heavy atom. The molecule has 0 aliphatic heterocycles. The van der Waals surface area contributed by atoms with Gasteiger partial charge in [0.15, 0.2) is 0 Å². The third kappa shape index (κ3) is 45.6. The lowest BCUT2D eigenvalue weighted by molar-refractivity contribution is -0.870. The largest absolute Gasteiger partial charge is 0.756 e. The number of nitrogens with zero attached hydrogens (tertiary/aromatic N) is 1. The van der Waals surface area contributed by atoms with Crippen molar-refractivity contribution in [3.63, 3.8) is 0 Å². The number of unbranched alkanes of at least 4 members (excludes halogenated alkanes) is 31. The highest BCUT2D eigenvalue weighted by Gasteiger charge is 2.27. The molecule has 0 aromatic rings. The standard InChI is InChI=1S/C54H105N2O7P/c1-7-10-13-16-19-22-25-27-29-32-35-38-41-44-47-54(58)63-52(45-42-39-36-33-31-28-26-23-20-17-14-11-8-2)51(50-62-64(59,60)61-49-48-56(4,5)6)55-53(57)46-43-40-37-34-30-24-21-18-15-12-9-3/h18,21,42,45,51-52H,7-17,19-20,22-41,43-44,46-50H2,1-6H3,(H-,55,57,59,60)/b21-18-,45-42+. The zero-order chi connectivity index (χ0) is 47.3. The van der Waals surface area contributed by atoms with E-state index in [4.69, 9.17) is 13.8 Å². The van der Waals surface area contributed by atoms with E-state index in [0.29, 0.717) is 17.4 Å². The highest BCUT2D eigenvalue weighted by Crippen LogP contribution is 2.38. The van der Waals surface area contributed by atoms with Crippen molar-refractivity contribution in [1.29, 1.82) is 0 Å². The second kappa shape index (κ2) is 45.3. The van der Waals surface area contributed by atoms with E-state index in [1.165, 1.54) is 141 Å². The Kier molecular flexibility index (Phi) is 44.2. The SMILES string of the molecule is CCCC/C=C\CCCCCCCC(=O)NC(COP(=O)([O-])OCC[N+](C)(C)C)C(/C=C/CCCCCCCCCCCCC)OC(=O)CCCCCCCCCCCCCCCC. The number of carbonyl (C=O) groups is 2. The first kappa shape index (κ1) is 62.5. The molecule has 0 saturated carbocycles. The van der Waals surface area contributed by atoms with Crippen LogP contribution in [0.5, 0.6) is 0 Å². The Balaban J connectivity index is 5.40. The predicted octanol–water partition coefficient (Wildman–Crippen LogP) is 15.2. The smallest absolute Gasteiger partial charge is 0.306 e. The molecule has 0 aliphatic carbocycles. The first-order valence-corrected chi connectivity index (χ1v) is 28.6. The molecule has 0 aliphatic rings. The number of hydrogen-bond donors (Lipinski definition) is 1. The molecule has 0 rings (SSSR count). The van der Waals surface area contributed by atoms with Crippen LogP contribution in [0.4, 0.5) is 0 Å². The summed E-state index contributed by atoms with van der Waals surface area (Å²) in [6, 6.07) is -0.884.